The highest BCUT2D eigenvalue weighted by atomic mass is 16.4. The Labute approximate surface area is 114 Å². The Morgan fingerprint density at radius 1 is 1.37 bits per heavy atom. The molecule has 1 fully saturated rings. The minimum Gasteiger partial charge on any atom is -0.480 e. The highest BCUT2D eigenvalue weighted by molar-refractivity contribution is 5.82. The van der Waals surface area contributed by atoms with Crippen LogP contribution in [-0.2, 0) is 4.79 Å². The number of hydrogen-bond acceptors (Lipinski definition) is 3. The van der Waals surface area contributed by atoms with E-state index in [1.807, 2.05) is 6.92 Å². The Hall–Kier alpha value is -1.30. The van der Waals surface area contributed by atoms with Gasteiger partial charge in [0.05, 0.1) is 0 Å². The largest absolute Gasteiger partial charge is 0.480 e. The monoisotopic (exact) mass is 271 g/mol. The summed E-state index contributed by atoms with van der Waals surface area (Å²) in [4.78, 5) is 25.0. The van der Waals surface area contributed by atoms with Crippen molar-refractivity contribution in [2.24, 2.45) is 0 Å². The summed E-state index contributed by atoms with van der Waals surface area (Å²) in [7, 11) is 0. The van der Waals surface area contributed by atoms with Crippen LogP contribution in [0.4, 0.5) is 4.79 Å². The molecular formula is C13H25N3O3. The Balaban J connectivity index is 2.63. The Morgan fingerprint density at radius 3 is 2.47 bits per heavy atom. The van der Waals surface area contributed by atoms with Crippen molar-refractivity contribution in [3.8, 4) is 0 Å². The predicted molar refractivity (Wildman–Crippen MR) is 73.1 cm³/mol. The van der Waals surface area contributed by atoms with Crippen molar-refractivity contribution in [1.82, 2.24) is 15.5 Å². The lowest BCUT2D eigenvalue weighted by Crippen LogP contribution is -2.53. The number of carboxylic acids is 1. The lowest BCUT2D eigenvalue weighted by Gasteiger charge is -2.35. The number of carbonyl (C=O) groups is 2. The first kappa shape index (κ1) is 15.8. The van der Waals surface area contributed by atoms with Gasteiger partial charge in [-0.1, -0.05) is 13.8 Å². The summed E-state index contributed by atoms with van der Waals surface area (Å²) in [6.07, 6.45) is 3.13. The summed E-state index contributed by atoms with van der Waals surface area (Å²) in [5.41, 5.74) is 0. The standard InChI is InChI=1S/C13H25N3O3/c1-3-9-16(10-5-7-14-8-6-10)13(19)15-11(4-2)12(17)18/h10-11,14H,3-9H2,1-2H3,(H,15,19)(H,17,18)/t11-/m1/s1. The summed E-state index contributed by atoms with van der Waals surface area (Å²) < 4.78 is 0. The molecule has 0 aromatic heterocycles. The van der Waals surface area contributed by atoms with Crippen molar-refractivity contribution in [3.63, 3.8) is 0 Å². The fourth-order valence-electron chi connectivity index (χ4n) is 2.38. The predicted octanol–water partition coefficient (Wildman–Crippen LogP) is 1.02. The minimum atomic E-state index is -0.974. The molecule has 0 saturated carbocycles. The normalized spacial score (nSPS) is 17.8. The molecule has 6 heteroatoms. The fourth-order valence-corrected chi connectivity index (χ4v) is 2.38. The zero-order valence-electron chi connectivity index (χ0n) is 11.8. The van der Waals surface area contributed by atoms with E-state index < -0.39 is 12.0 Å². The smallest absolute Gasteiger partial charge is 0.326 e. The quantitative estimate of drug-likeness (QED) is 0.674. The molecule has 3 N–H and O–H groups in total. The van der Waals surface area contributed by atoms with E-state index >= 15 is 0 Å². The zero-order valence-corrected chi connectivity index (χ0v) is 11.8. The van der Waals surface area contributed by atoms with Gasteiger partial charge in [0.2, 0.25) is 0 Å². The van der Waals surface area contributed by atoms with Gasteiger partial charge in [0.15, 0.2) is 0 Å². The number of carbonyl (C=O) groups excluding carboxylic acids is 1. The summed E-state index contributed by atoms with van der Waals surface area (Å²) in [6.45, 7) is 6.28. The van der Waals surface area contributed by atoms with Gasteiger partial charge in [-0.2, -0.15) is 0 Å². The Morgan fingerprint density at radius 2 is 2.00 bits per heavy atom. The van der Waals surface area contributed by atoms with Crippen LogP contribution in [0.5, 0.6) is 0 Å². The molecule has 110 valence electrons. The number of piperidine rings is 1. The summed E-state index contributed by atoms with van der Waals surface area (Å²) in [5.74, 6) is -0.974. The van der Waals surface area contributed by atoms with Gasteiger partial charge in [0.25, 0.3) is 0 Å². The number of aliphatic carboxylic acids is 1. The molecule has 0 aromatic carbocycles. The molecule has 0 aliphatic carbocycles. The fraction of sp³-hybridized carbons (Fsp3) is 0.846. The first-order valence-electron chi connectivity index (χ1n) is 7.10. The lowest BCUT2D eigenvalue weighted by atomic mass is 10.0. The van der Waals surface area contributed by atoms with E-state index in [1.165, 1.54) is 0 Å². The zero-order chi connectivity index (χ0) is 14.3. The Bertz CT molecular complexity index is 304. The van der Waals surface area contributed by atoms with Crippen molar-refractivity contribution < 1.29 is 14.7 Å². The van der Waals surface area contributed by atoms with Gasteiger partial charge in [-0.25, -0.2) is 9.59 Å². The molecule has 0 bridgehead atoms. The van der Waals surface area contributed by atoms with Crippen molar-refractivity contribution in [2.45, 2.75) is 51.6 Å². The van der Waals surface area contributed by atoms with Gasteiger partial charge in [-0.3, -0.25) is 0 Å². The van der Waals surface area contributed by atoms with Gasteiger partial charge in [0.1, 0.15) is 6.04 Å². The van der Waals surface area contributed by atoms with E-state index in [1.54, 1.807) is 11.8 Å². The summed E-state index contributed by atoms with van der Waals surface area (Å²) >= 11 is 0. The maximum Gasteiger partial charge on any atom is 0.326 e. The van der Waals surface area contributed by atoms with Crippen LogP contribution >= 0.6 is 0 Å². The van der Waals surface area contributed by atoms with Crippen LogP contribution in [0.25, 0.3) is 0 Å². The number of rotatable bonds is 6. The van der Waals surface area contributed by atoms with Crippen molar-refractivity contribution >= 4 is 12.0 Å². The third-order valence-electron chi connectivity index (χ3n) is 3.48. The van der Waals surface area contributed by atoms with Crippen LogP contribution in [0, 0.1) is 0 Å². The second-order valence-corrected chi connectivity index (χ2v) is 4.92. The summed E-state index contributed by atoms with van der Waals surface area (Å²) in [6, 6.07) is -0.830. The van der Waals surface area contributed by atoms with E-state index in [-0.39, 0.29) is 12.1 Å². The minimum absolute atomic E-state index is 0.215. The second-order valence-electron chi connectivity index (χ2n) is 4.92. The average Bonchev–Trinajstić information content (AvgIpc) is 2.42. The molecule has 6 nitrogen and oxygen atoms in total. The topological polar surface area (TPSA) is 81.7 Å². The molecular weight excluding hydrogens is 246 g/mol. The number of nitrogens with one attached hydrogen (secondary N) is 2. The SMILES string of the molecule is CCCN(C(=O)N[C@H](CC)C(=O)O)C1CCNCC1. The van der Waals surface area contributed by atoms with Crippen LogP contribution < -0.4 is 10.6 Å². The molecule has 1 atom stereocenters. The van der Waals surface area contributed by atoms with Crippen molar-refractivity contribution in [3.05, 3.63) is 0 Å². The van der Waals surface area contributed by atoms with Crippen LogP contribution in [0.15, 0.2) is 0 Å². The maximum absolute atomic E-state index is 12.2. The van der Waals surface area contributed by atoms with E-state index in [9.17, 15) is 9.59 Å². The molecule has 2 amide bonds. The first-order valence-corrected chi connectivity index (χ1v) is 7.10. The van der Waals surface area contributed by atoms with Crippen molar-refractivity contribution in [1.29, 1.82) is 0 Å². The molecule has 1 aliphatic heterocycles. The third kappa shape index (κ3) is 4.70. The van der Waals surface area contributed by atoms with Gasteiger partial charge < -0.3 is 20.6 Å². The number of urea groups is 1. The number of hydrogen-bond donors (Lipinski definition) is 3. The van der Waals surface area contributed by atoms with E-state index in [2.05, 4.69) is 10.6 Å². The lowest BCUT2D eigenvalue weighted by molar-refractivity contribution is -0.139. The average molecular weight is 271 g/mol. The second kappa shape index (κ2) is 7.99. The molecule has 1 heterocycles. The highest BCUT2D eigenvalue weighted by Crippen LogP contribution is 2.13. The van der Waals surface area contributed by atoms with Crippen molar-refractivity contribution in [2.75, 3.05) is 19.6 Å². The van der Waals surface area contributed by atoms with E-state index in [4.69, 9.17) is 5.11 Å². The van der Waals surface area contributed by atoms with Gasteiger partial charge in [-0.15, -0.1) is 0 Å². The van der Waals surface area contributed by atoms with Crippen LogP contribution in [-0.4, -0.2) is 53.7 Å². The van der Waals surface area contributed by atoms with Crippen LogP contribution in [0.2, 0.25) is 0 Å². The van der Waals surface area contributed by atoms with Gasteiger partial charge in [-0.05, 0) is 38.8 Å². The molecule has 0 spiro atoms. The van der Waals surface area contributed by atoms with E-state index in [0.29, 0.717) is 13.0 Å². The Kier molecular flexibility index (Phi) is 6.62. The van der Waals surface area contributed by atoms with Gasteiger partial charge in [0, 0.05) is 12.6 Å². The molecule has 19 heavy (non-hydrogen) atoms. The number of nitrogens with zero attached hydrogens (tertiary/aromatic N) is 1. The molecule has 1 rings (SSSR count). The maximum atomic E-state index is 12.2. The molecule has 1 saturated heterocycles. The van der Waals surface area contributed by atoms with Crippen LogP contribution in [0.3, 0.4) is 0 Å². The summed E-state index contributed by atoms with van der Waals surface area (Å²) in [5, 5.41) is 14.9. The van der Waals surface area contributed by atoms with E-state index in [0.717, 1.165) is 32.4 Å². The first-order chi connectivity index (χ1) is 9.10. The molecule has 0 unspecified atom stereocenters. The molecule has 1 aliphatic rings. The highest BCUT2D eigenvalue weighted by Gasteiger charge is 2.27. The van der Waals surface area contributed by atoms with Crippen LogP contribution in [0.1, 0.15) is 39.5 Å². The number of carboxylic acid groups (broad SMARTS) is 1. The number of amides is 2. The third-order valence-corrected chi connectivity index (χ3v) is 3.48. The molecule has 0 radical (unpaired) electrons. The van der Waals surface area contributed by atoms with Gasteiger partial charge >= 0.3 is 12.0 Å². The molecule has 0 aromatic rings.